The van der Waals surface area contributed by atoms with E-state index in [2.05, 4.69) is 31.9 Å². The molecule has 1 saturated heterocycles. The molecule has 0 radical (unpaired) electrons. The first-order valence-corrected chi connectivity index (χ1v) is 7.88. The van der Waals surface area contributed by atoms with Crippen molar-refractivity contribution in [1.29, 1.82) is 0 Å². The average Bonchev–Trinajstić information content (AvgIpc) is 2.26. The molecule has 86 valence electrons. The number of hydrogen-bond acceptors (Lipinski definition) is 3. The van der Waals surface area contributed by atoms with Gasteiger partial charge < -0.3 is 0 Å². The van der Waals surface area contributed by atoms with Gasteiger partial charge in [0.05, 0.1) is 18.4 Å². The van der Waals surface area contributed by atoms with Gasteiger partial charge in [0.15, 0.2) is 0 Å². The first-order chi connectivity index (χ1) is 7.20. The van der Waals surface area contributed by atoms with Gasteiger partial charge in [0, 0.05) is 10.1 Å². The molecule has 0 aliphatic carbocycles. The van der Waals surface area contributed by atoms with Gasteiger partial charge in [-0.1, -0.05) is 31.9 Å². The molecule has 0 aromatic rings. The molecule has 1 rings (SSSR count). The monoisotopic (exact) mass is 361 g/mol. The van der Waals surface area contributed by atoms with Crippen molar-refractivity contribution in [2.75, 3.05) is 30.4 Å². The van der Waals surface area contributed by atoms with E-state index in [1.165, 1.54) is 9.79 Å². The topological polar surface area (TPSA) is 49.9 Å². The fourth-order valence-electron chi connectivity index (χ4n) is 1.22. The molecule has 0 bridgehead atoms. The van der Waals surface area contributed by atoms with Gasteiger partial charge in [-0.2, -0.15) is 0 Å². The summed E-state index contributed by atoms with van der Waals surface area (Å²) in [5.74, 6) is -0.108. The zero-order valence-corrected chi connectivity index (χ0v) is 12.1. The molecule has 1 aliphatic rings. The Morgan fingerprint density at radius 3 is 2.80 bits per heavy atom. The zero-order chi connectivity index (χ0) is 11.3. The lowest BCUT2D eigenvalue weighted by molar-refractivity contribution is -0.139. The van der Waals surface area contributed by atoms with Crippen LogP contribution in [0.3, 0.4) is 0 Å². The highest BCUT2D eigenvalue weighted by molar-refractivity contribution is 9.09. The van der Waals surface area contributed by atoms with E-state index >= 15 is 0 Å². The van der Waals surface area contributed by atoms with E-state index in [1.54, 1.807) is 0 Å². The summed E-state index contributed by atoms with van der Waals surface area (Å²) in [5, 5.41) is 2.34. The second-order valence-electron chi connectivity index (χ2n) is 2.86. The van der Waals surface area contributed by atoms with E-state index in [1.807, 2.05) is 0 Å². The number of amides is 1. The minimum absolute atomic E-state index is 0.108. The predicted molar refractivity (Wildman–Crippen MR) is 64.2 cm³/mol. The molecule has 5 nitrogen and oxygen atoms in total. The number of rotatable bonds is 4. The Morgan fingerprint density at radius 2 is 2.27 bits per heavy atom. The van der Waals surface area contributed by atoms with Crippen LogP contribution in [0.15, 0.2) is 0 Å². The van der Waals surface area contributed by atoms with E-state index in [0.717, 1.165) is 6.42 Å². The first-order valence-electron chi connectivity index (χ1n) is 4.50. The van der Waals surface area contributed by atoms with Gasteiger partial charge in [0.25, 0.3) is 5.91 Å². The summed E-state index contributed by atoms with van der Waals surface area (Å²) < 4.78 is 18.1. The van der Waals surface area contributed by atoms with Gasteiger partial charge in [0.1, 0.15) is 6.61 Å². The largest absolute Gasteiger partial charge is 0.636 e. The highest BCUT2D eigenvalue weighted by Crippen LogP contribution is 2.34. The van der Waals surface area contributed by atoms with Crippen molar-refractivity contribution < 1.29 is 13.9 Å². The molecule has 1 atom stereocenters. The highest BCUT2D eigenvalue weighted by atomic mass is 79.9. The SMILES string of the molecule is O=C(CBr)N(CCBr)N1CCCO[P+]1=O. The van der Waals surface area contributed by atoms with E-state index < -0.39 is 8.18 Å². The highest BCUT2D eigenvalue weighted by Gasteiger charge is 2.40. The molecular formula is C7H12Br2N2O3P+. The Morgan fingerprint density at radius 1 is 1.53 bits per heavy atom. The maximum atomic E-state index is 11.6. The molecule has 1 fully saturated rings. The fourth-order valence-corrected chi connectivity index (χ4v) is 2.94. The molecule has 0 saturated carbocycles. The molecule has 0 aromatic heterocycles. The molecule has 0 aromatic carbocycles. The van der Waals surface area contributed by atoms with Crippen molar-refractivity contribution in [3.63, 3.8) is 0 Å². The van der Waals surface area contributed by atoms with Crippen molar-refractivity contribution >= 4 is 45.9 Å². The molecule has 0 spiro atoms. The van der Waals surface area contributed by atoms with Crippen LogP contribution >= 0.6 is 40.0 Å². The van der Waals surface area contributed by atoms with E-state index in [0.29, 0.717) is 25.0 Å². The second-order valence-corrected chi connectivity index (χ2v) is 5.41. The standard InChI is InChI=1S/C7H12Br2N2O3P/c8-2-4-10(7(12)6-9)11-3-1-5-14-15(11)13/h1-6H2/q+1. The lowest BCUT2D eigenvalue weighted by Crippen LogP contribution is -2.46. The third-order valence-electron chi connectivity index (χ3n) is 1.87. The molecule has 1 amide bonds. The third-order valence-corrected chi connectivity index (χ3v) is 3.90. The van der Waals surface area contributed by atoms with Crippen LogP contribution < -0.4 is 0 Å². The normalized spacial score (nSPS) is 20.3. The number of nitrogens with zero attached hydrogens (tertiary/aromatic N) is 2. The van der Waals surface area contributed by atoms with E-state index in [4.69, 9.17) is 4.52 Å². The van der Waals surface area contributed by atoms with Crippen LogP contribution in [0.2, 0.25) is 0 Å². The second kappa shape index (κ2) is 6.91. The maximum Gasteiger partial charge on any atom is 0.636 e. The van der Waals surface area contributed by atoms with Gasteiger partial charge in [-0.15, -0.1) is 4.52 Å². The molecular weight excluding hydrogens is 351 g/mol. The Bertz CT molecular complexity index is 254. The molecule has 1 heterocycles. The summed E-state index contributed by atoms with van der Waals surface area (Å²) in [4.78, 5) is 11.6. The van der Waals surface area contributed by atoms with Crippen LogP contribution in [0.5, 0.6) is 0 Å². The van der Waals surface area contributed by atoms with Crippen LogP contribution in [0.4, 0.5) is 0 Å². The van der Waals surface area contributed by atoms with Crippen LogP contribution in [0.1, 0.15) is 6.42 Å². The molecule has 1 unspecified atom stereocenters. The van der Waals surface area contributed by atoms with Crippen molar-refractivity contribution in [1.82, 2.24) is 9.79 Å². The van der Waals surface area contributed by atoms with Crippen molar-refractivity contribution in [2.45, 2.75) is 6.42 Å². The Balaban J connectivity index is 2.68. The lowest BCUT2D eigenvalue weighted by atomic mass is 10.4. The minimum Gasteiger partial charge on any atom is -0.272 e. The number of hydrazine groups is 1. The number of halogens is 2. The van der Waals surface area contributed by atoms with Crippen LogP contribution in [-0.2, 0) is 13.9 Å². The average molecular weight is 363 g/mol. The molecule has 0 N–H and O–H groups in total. The molecule has 15 heavy (non-hydrogen) atoms. The third kappa shape index (κ3) is 3.75. The Kier molecular flexibility index (Phi) is 6.23. The summed E-state index contributed by atoms with van der Waals surface area (Å²) >= 11 is 6.37. The van der Waals surface area contributed by atoms with Gasteiger partial charge in [-0.3, -0.25) is 4.79 Å². The van der Waals surface area contributed by atoms with Gasteiger partial charge in [-0.25, -0.2) is 5.01 Å². The number of carbonyl (C=O) groups is 1. The molecule has 1 aliphatic heterocycles. The van der Waals surface area contributed by atoms with Crippen molar-refractivity contribution in [3.05, 3.63) is 0 Å². The maximum absolute atomic E-state index is 11.6. The summed E-state index contributed by atoms with van der Waals surface area (Å²) in [5.41, 5.74) is 0. The summed E-state index contributed by atoms with van der Waals surface area (Å²) in [7, 11) is -1.90. The summed E-state index contributed by atoms with van der Waals surface area (Å²) in [6.07, 6.45) is 0.787. The smallest absolute Gasteiger partial charge is 0.272 e. The zero-order valence-electron chi connectivity index (χ0n) is 8.06. The molecule has 8 heteroatoms. The van der Waals surface area contributed by atoms with Crippen molar-refractivity contribution in [2.24, 2.45) is 0 Å². The first kappa shape index (κ1) is 13.5. The minimum atomic E-state index is -1.90. The summed E-state index contributed by atoms with van der Waals surface area (Å²) in [6.45, 7) is 1.59. The van der Waals surface area contributed by atoms with Gasteiger partial charge in [0.2, 0.25) is 0 Å². The fraction of sp³-hybridized carbons (Fsp3) is 0.857. The van der Waals surface area contributed by atoms with Gasteiger partial charge >= 0.3 is 8.18 Å². The van der Waals surface area contributed by atoms with Crippen LogP contribution in [0, 0.1) is 0 Å². The van der Waals surface area contributed by atoms with Gasteiger partial charge in [-0.05, 0) is 11.0 Å². The quantitative estimate of drug-likeness (QED) is 0.566. The Labute approximate surface area is 106 Å². The number of hydrogen-bond donors (Lipinski definition) is 0. The van der Waals surface area contributed by atoms with Crippen molar-refractivity contribution in [3.8, 4) is 0 Å². The number of alkyl halides is 2. The van der Waals surface area contributed by atoms with E-state index in [-0.39, 0.29) is 11.2 Å². The lowest BCUT2D eigenvalue weighted by Gasteiger charge is -2.26. The summed E-state index contributed by atoms with van der Waals surface area (Å²) in [6, 6.07) is 0. The Hall–Kier alpha value is 0.450. The van der Waals surface area contributed by atoms with Crippen LogP contribution in [-0.4, -0.2) is 46.1 Å². The van der Waals surface area contributed by atoms with Crippen LogP contribution in [0.25, 0.3) is 0 Å². The number of carbonyl (C=O) groups excluding carboxylic acids is 1. The van der Waals surface area contributed by atoms with E-state index in [9.17, 15) is 9.36 Å². The predicted octanol–water partition coefficient (Wildman–Crippen LogP) is 1.90.